The maximum atomic E-state index is 8.71. The average molecular weight is 268 g/mol. The van der Waals surface area contributed by atoms with Gasteiger partial charge in [-0.15, -0.1) is 0 Å². The highest BCUT2D eigenvalue weighted by atomic mass is 79.9. The van der Waals surface area contributed by atoms with E-state index in [1.165, 1.54) is 0 Å². The van der Waals surface area contributed by atoms with Crippen LogP contribution in [0.5, 0.6) is 11.5 Å². The van der Waals surface area contributed by atoms with E-state index in [2.05, 4.69) is 22.0 Å². The first kappa shape index (κ1) is 10.3. The van der Waals surface area contributed by atoms with Gasteiger partial charge < -0.3 is 9.47 Å². The van der Waals surface area contributed by atoms with Crippen LogP contribution in [0.25, 0.3) is 0 Å². The molecule has 78 valence electrons. The van der Waals surface area contributed by atoms with Gasteiger partial charge in [-0.25, -0.2) is 0 Å². The summed E-state index contributed by atoms with van der Waals surface area (Å²) in [6, 6.07) is 4.00. The molecule has 0 unspecified atom stereocenters. The predicted molar refractivity (Wildman–Crippen MR) is 59.2 cm³/mol. The van der Waals surface area contributed by atoms with Crippen LogP contribution >= 0.6 is 15.9 Å². The number of nitriles is 1. The molecule has 1 aliphatic rings. The van der Waals surface area contributed by atoms with Crippen LogP contribution in [-0.4, -0.2) is 13.7 Å². The first-order valence-corrected chi connectivity index (χ1v) is 5.45. The Morgan fingerprint density at radius 1 is 1.67 bits per heavy atom. The van der Waals surface area contributed by atoms with Crippen molar-refractivity contribution in [3.63, 3.8) is 0 Å². The molecule has 0 spiro atoms. The van der Waals surface area contributed by atoms with E-state index in [0.717, 1.165) is 33.5 Å². The van der Waals surface area contributed by atoms with Crippen molar-refractivity contribution in [2.45, 2.75) is 12.8 Å². The summed E-state index contributed by atoms with van der Waals surface area (Å²) in [7, 11) is 1.61. The smallest absolute Gasteiger partial charge is 0.165 e. The van der Waals surface area contributed by atoms with Crippen molar-refractivity contribution in [3.8, 4) is 17.6 Å². The molecule has 0 aliphatic carbocycles. The lowest BCUT2D eigenvalue weighted by molar-refractivity contribution is 0.326. The fourth-order valence-electron chi connectivity index (χ4n) is 1.73. The molecule has 0 fully saturated rings. The Morgan fingerprint density at radius 2 is 2.47 bits per heavy atom. The quantitative estimate of drug-likeness (QED) is 0.827. The number of hydrogen-bond donors (Lipinski definition) is 0. The number of nitrogens with zero attached hydrogens (tertiary/aromatic N) is 1. The van der Waals surface area contributed by atoms with Gasteiger partial charge in [0.05, 0.1) is 26.2 Å². The second-order valence-electron chi connectivity index (χ2n) is 3.29. The third-order valence-electron chi connectivity index (χ3n) is 2.44. The van der Waals surface area contributed by atoms with Crippen LogP contribution in [0.3, 0.4) is 0 Å². The summed E-state index contributed by atoms with van der Waals surface area (Å²) in [5, 5.41) is 8.71. The molecule has 0 aromatic heterocycles. The lowest BCUT2D eigenvalue weighted by Crippen LogP contribution is -1.93. The molecule has 0 radical (unpaired) electrons. The number of hydrogen-bond acceptors (Lipinski definition) is 3. The van der Waals surface area contributed by atoms with Gasteiger partial charge in [-0.3, -0.25) is 0 Å². The molecule has 2 rings (SSSR count). The van der Waals surface area contributed by atoms with E-state index in [-0.39, 0.29) is 0 Å². The van der Waals surface area contributed by atoms with Gasteiger partial charge >= 0.3 is 0 Å². The number of ether oxygens (including phenoxy) is 2. The fourth-order valence-corrected chi connectivity index (χ4v) is 2.36. The van der Waals surface area contributed by atoms with Gasteiger partial charge in [0, 0.05) is 16.5 Å². The van der Waals surface area contributed by atoms with E-state index >= 15 is 0 Å². The van der Waals surface area contributed by atoms with E-state index in [4.69, 9.17) is 14.7 Å². The maximum absolute atomic E-state index is 8.71. The van der Waals surface area contributed by atoms with Crippen LogP contribution in [0, 0.1) is 11.3 Å². The number of benzene rings is 1. The highest BCUT2D eigenvalue weighted by molar-refractivity contribution is 9.10. The van der Waals surface area contributed by atoms with Gasteiger partial charge in [0.2, 0.25) is 0 Å². The molecule has 1 heterocycles. The van der Waals surface area contributed by atoms with Crippen LogP contribution in [0.2, 0.25) is 0 Å². The van der Waals surface area contributed by atoms with Crippen molar-refractivity contribution >= 4 is 15.9 Å². The number of fused-ring (bicyclic) bond motifs is 1. The van der Waals surface area contributed by atoms with E-state index in [0.29, 0.717) is 13.0 Å². The van der Waals surface area contributed by atoms with Gasteiger partial charge in [-0.05, 0) is 11.6 Å². The topological polar surface area (TPSA) is 42.2 Å². The van der Waals surface area contributed by atoms with Crippen LogP contribution in [0.4, 0.5) is 0 Å². The van der Waals surface area contributed by atoms with Crippen molar-refractivity contribution in [2.24, 2.45) is 0 Å². The van der Waals surface area contributed by atoms with Crippen molar-refractivity contribution in [1.29, 1.82) is 5.26 Å². The molecule has 15 heavy (non-hydrogen) atoms. The Hall–Kier alpha value is -1.21. The zero-order valence-electron chi connectivity index (χ0n) is 8.34. The molecule has 0 N–H and O–H groups in total. The Bertz CT molecular complexity index is 437. The Labute approximate surface area is 96.7 Å². The second-order valence-corrected chi connectivity index (χ2v) is 4.09. The van der Waals surface area contributed by atoms with Crippen LogP contribution in [-0.2, 0) is 12.8 Å². The van der Waals surface area contributed by atoms with Crippen molar-refractivity contribution < 1.29 is 9.47 Å². The highest BCUT2D eigenvalue weighted by Gasteiger charge is 2.22. The van der Waals surface area contributed by atoms with Gasteiger partial charge in [0.15, 0.2) is 11.5 Å². The Kier molecular flexibility index (Phi) is 2.83. The molecule has 1 aromatic carbocycles. The van der Waals surface area contributed by atoms with Crippen LogP contribution < -0.4 is 9.47 Å². The molecule has 0 saturated heterocycles. The van der Waals surface area contributed by atoms with Gasteiger partial charge in [0.1, 0.15) is 0 Å². The number of halogens is 1. The van der Waals surface area contributed by atoms with E-state index in [1.807, 2.05) is 6.07 Å². The van der Waals surface area contributed by atoms with E-state index < -0.39 is 0 Å². The first-order valence-electron chi connectivity index (χ1n) is 4.66. The molecule has 0 bridgehead atoms. The summed E-state index contributed by atoms with van der Waals surface area (Å²) in [5.41, 5.74) is 2.07. The zero-order valence-corrected chi connectivity index (χ0v) is 9.93. The molecule has 1 aromatic rings. The van der Waals surface area contributed by atoms with Gasteiger partial charge in [0.25, 0.3) is 0 Å². The second kappa shape index (κ2) is 4.11. The highest BCUT2D eigenvalue weighted by Crippen LogP contribution is 2.42. The molecule has 0 saturated carbocycles. The standard InChI is InChI=1S/C11H10BrNO2/c1-14-9-6-7(2-4-13)10(12)8-3-5-15-11(8)9/h6H,2-3,5H2,1H3. The minimum absolute atomic E-state index is 0.379. The maximum Gasteiger partial charge on any atom is 0.165 e. The van der Waals surface area contributed by atoms with E-state index in [9.17, 15) is 0 Å². The summed E-state index contributed by atoms with van der Waals surface area (Å²) in [6.45, 7) is 0.681. The number of methoxy groups -OCH3 is 1. The summed E-state index contributed by atoms with van der Waals surface area (Å²) >= 11 is 3.51. The van der Waals surface area contributed by atoms with Gasteiger partial charge in [-0.1, -0.05) is 15.9 Å². The van der Waals surface area contributed by atoms with Crippen molar-refractivity contribution in [1.82, 2.24) is 0 Å². The Morgan fingerprint density at radius 3 is 3.13 bits per heavy atom. The molecule has 3 nitrogen and oxygen atoms in total. The molecule has 0 atom stereocenters. The summed E-state index contributed by atoms with van der Waals surface area (Å²) in [5.74, 6) is 1.53. The molecule has 4 heteroatoms. The summed E-state index contributed by atoms with van der Waals surface area (Å²) in [6.07, 6.45) is 1.25. The van der Waals surface area contributed by atoms with Crippen LogP contribution in [0.1, 0.15) is 11.1 Å². The summed E-state index contributed by atoms with van der Waals surface area (Å²) < 4.78 is 11.7. The normalized spacial score (nSPS) is 12.9. The van der Waals surface area contributed by atoms with Crippen molar-refractivity contribution in [2.75, 3.05) is 13.7 Å². The first-order chi connectivity index (χ1) is 7.27. The SMILES string of the molecule is COc1cc(CC#N)c(Br)c2c1OCC2. The van der Waals surface area contributed by atoms with Crippen LogP contribution in [0.15, 0.2) is 10.5 Å². The lowest BCUT2D eigenvalue weighted by atomic mass is 10.1. The predicted octanol–water partition coefficient (Wildman–Crippen LogP) is 2.46. The minimum atomic E-state index is 0.379. The van der Waals surface area contributed by atoms with Crippen molar-refractivity contribution in [3.05, 3.63) is 21.7 Å². The molecule has 1 aliphatic heterocycles. The molecular weight excluding hydrogens is 258 g/mol. The molecular formula is C11H10BrNO2. The number of rotatable bonds is 2. The third kappa shape index (κ3) is 1.68. The largest absolute Gasteiger partial charge is 0.493 e. The fraction of sp³-hybridized carbons (Fsp3) is 0.364. The summed E-state index contributed by atoms with van der Waals surface area (Å²) in [4.78, 5) is 0. The third-order valence-corrected chi connectivity index (χ3v) is 3.43. The Balaban J connectivity index is 2.57. The lowest BCUT2D eigenvalue weighted by Gasteiger charge is -2.10. The monoisotopic (exact) mass is 267 g/mol. The average Bonchev–Trinajstić information content (AvgIpc) is 2.71. The van der Waals surface area contributed by atoms with E-state index in [1.54, 1.807) is 7.11 Å². The minimum Gasteiger partial charge on any atom is -0.493 e. The molecule has 0 amide bonds. The van der Waals surface area contributed by atoms with Gasteiger partial charge in [-0.2, -0.15) is 5.26 Å². The zero-order chi connectivity index (χ0) is 10.8.